The summed E-state index contributed by atoms with van der Waals surface area (Å²) in [5.74, 6) is -0.101. The van der Waals surface area contributed by atoms with Crippen molar-refractivity contribution in [1.29, 1.82) is 0 Å². The summed E-state index contributed by atoms with van der Waals surface area (Å²) in [5.41, 5.74) is 1.64. The number of thioether (sulfide) groups is 1. The number of nitrogens with one attached hydrogen (secondary N) is 2. The summed E-state index contributed by atoms with van der Waals surface area (Å²) in [6.07, 6.45) is 1.62. The molecule has 8 nitrogen and oxygen atoms in total. The third kappa shape index (κ3) is 6.30. The van der Waals surface area contributed by atoms with Gasteiger partial charge in [0, 0.05) is 34.5 Å². The maximum atomic E-state index is 13.1. The van der Waals surface area contributed by atoms with Crippen molar-refractivity contribution in [3.05, 3.63) is 124 Å². The van der Waals surface area contributed by atoms with Crippen molar-refractivity contribution < 1.29 is 14.5 Å². The fraction of sp³-hybridized carbons (Fsp3) is 0.0385. The minimum absolute atomic E-state index is 0.0806. The average Bonchev–Trinajstić information content (AvgIpc) is 2.89. The maximum Gasteiger partial charge on any atom is 0.269 e. The van der Waals surface area contributed by atoms with Crippen LogP contribution in [0.15, 0.2) is 108 Å². The van der Waals surface area contributed by atoms with Crippen LogP contribution >= 0.6 is 11.8 Å². The van der Waals surface area contributed by atoms with E-state index in [1.807, 2.05) is 42.5 Å². The highest BCUT2D eigenvalue weighted by Crippen LogP contribution is 2.36. The van der Waals surface area contributed by atoms with Crippen molar-refractivity contribution in [3.8, 4) is 0 Å². The molecular formula is C26H20N4O4S. The fourth-order valence-corrected chi connectivity index (χ4v) is 4.24. The molecule has 0 saturated heterocycles. The molecule has 0 aliphatic carbocycles. The van der Waals surface area contributed by atoms with Gasteiger partial charge in [0.2, 0.25) is 5.91 Å². The summed E-state index contributed by atoms with van der Waals surface area (Å²) in [5, 5.41) is 15.9. The van der Waals surface area contributed by atoms with Crippen molar-refractivity contribution >= 4 is 40.8 Å². The number of anilines is 2. The van der Waals surface area contributed by atoms with E-state index in [0.29, 0.717) is 17.1 Å². The van der Waals surface area contributed by atoms with Crippen LogP contribution in [0, 0.1) is 10.1 Å². The second-order valence-corrected chi connectivity index (χ2v) is 8.57. The number of amides is 2. The van der Waals surface area contributed by atoms with Crippen LogP contribution < -0.4 is 10.6 Å². The van der Waals surface area contributed by atoms with Crippen LogP contribution in [0.5, 0.6) is 0 Å². The van der Waals surface area contributed by atoms with E-state index in [0.717, 1.165) is 10.5 Å². The van der Waals surface area contributed by atoms with E-state index < -0.39 is 10.2 Å². The smallest absolute Gasteiger partial charge is 0.269 e. The number of rotatable bonds is 8. The molecule has 0 aliphatic heterocycles. The number of non-ortho nitro benzene ring substituents is 1. The predicted molar refractivity (Wildman–Crippen MR) is 135 cm³/mol. The van der Waals surface area contributed by atoms with E-state index >= 15 is 0 Å². The van der Waals surface area contributed by atoms with Crippen LogP contribution in [-0.4, -0.2) is 21.7 Å². The van der Waals surface area contributed by atoms with Gasteiger partial charge in [-0.05, 0) is 54.1 Å². The number of carbonyl (C=O) groups excluding carboxylic acids is 2. The maximum absolute atomic E-state index is 13.1. The first-order valence-corrected chi connectivity index (χ1v) is 11.5. The summed E-state index contributed by atoms with van der Waals surface area (Å²) < 4.78 is 0. The zero-order valence-corrected chi connectivity index (χ0v) is 19.1. The van der Waals surface area contributed by atoms with E-state index in [2.05, 4.69) is 15.6 Å². The van der Waals surface area contributed by atoms with Gasteiger partial charge in [0.05, 0.1) is 4.92 Å². The van der Waals surface area contributed by atoms with Gasteiger partial charge in [-0.1, -0.05) is 36.4 Å². The van der Waals surface area contributed by atoms with Crippen LogP contribution in [0.25, 0.3) is 0 Å². The topological polar surface area (TPSA) is 114 Å². The largest absolute Gasteiger partial charge is 0.322 e. The van der Waals surface area contributed by atoms with Gasteiger partial charge in [-0.15, -0.1) is 11.8 Å². The molecule has 35 heavy (non-hydrogen) atoms. The molecule has 9 heteroatoms. The van der Waals surface area contributed by atoms with Gasteiger partial charge in [0.25, 0.3) is 11.6 Å². The number of hydrogen-bond donors (Lipinski definition) is 2. The van der Waals surface area contributed by atoms with Crippen LogP contribution in [0.3, 0.4) is 0 Å². The van der Waals surface area contributed by atoms with Crippen molar-refractivity contribution in [1.82, 2.24) is 4.98 Å². The number of pyridine rings is 1. The molecule has 1 atom stereocenters. The van der Waals surface area contributed by atoms with Crippen LogP contribution in [0.4, 0.5) is 17.2 Å². The molecule has 0 fully saturated rings. The molecule has 0 radical (unpaired) electrons. The lowest BCUT2D eigenvalue weighted by Gasteiger charge is -2.17. The Kier molecular flexibility index (Phi) is 7.49. The molecule has 0 spiro atoms. The van der Waals surface area contributed by atoms with Gasteiger partial charge >= 0.3 is 0 Å². The SMILES string of the molecule is O=C(Nc1ccc(SC(C(=O)Nc2ccccn2)c2ccccc2)cc1)c1ccc([N+](=O)[O-])cc1. The molecule has 0 saturated carbocycles. The molecule has 4 rings (SSSR count). The first-order chi connectivity index (χ1) is 17.0. The lowest BCUT2D eigenvalue weighted by atomic mass is 10.1. The zero-order valence-electron chi connectivity index (χ0n) is 18.3. The number of aromatic nitrogens is 1. The summed E-state index contributed by atoms with van der Waals surface area (Å²) in [7, 11) is 0. The minimum Gasteiger partial charge on any atom is -0.322 e. The first-order valence-electron chi connectivity index (χ1n) is 10.6. The average molecular weight is 485 g/mol. The second kappa shape index (κ2) is 11.1. The molecule has 0 bridgehead atoms. The highest BCUT2D eigenvalue weighted by Gasteiger charge is 2.22. The molecule has 2 N–H and O–H groups in total. The normalized spacial score (nSPS) is 11.3. The van der Waals surface area contributed by atoms with E-state index in [1.165, 1.54) is 36.0 Å². The standard InChI is InChI=1S/C26H20N4O4S/c31-25(19-9-13-21(14-10-19)30(33)34)28-20-11-15-22(16-12-20)35-24(18-6-2-1-3-7-18)26(32)29-23-8-4-5-17-27-23/h1-17,24H,(H,28,31)(H,27,29,32). The number of nitro benzene ring substituents is 1. The van der Waals surface area contributed by atoms with Crippen molar-refractivity contribution in [2.24, 2.45) is 0 Å². The van der Waals surface area contributed by atoms with Crippen molar-refractivity contribution in [2.75, 3.05) is 10.6 Å². The monoisotopic (exact) mass is 484 g/mol. The van der Waals surface area contributed by atoms with E-state index in [9.17, 15) is 19.7 Å². The van der Waals surface area contributed by atoms with Gasteiger partial charge in [-0.3, -0.25) is 19.7 Å². The predicted octanol–water partition coefficient (Wildman–Crippen LogP) is 5.71. The Morgan fingerprint density at radius 2 is 1.51 bits per heavy atom. The Labute approximate surface area is 205 Å². The summed E-state index contributed by atoms with van der Waals surface area (Å²) in [6.45, 7) is 0. The Hall–Kier alpha value is -4.50. The second-order valence-electron chi connectivity index (χ2n) is 7.40. The molecule has 3 aromatic carbocycles. The van der Waals surface area contributed by atoms with Gasteiger partial charge in [-0.2, -0.15) is 0 Å². The van der Waals surface area contributed by atoms with Gasteiger partial charge in [0.15, 0.2) is 0 Å². The van der Waals surface area contributed by atoms with Crippen LogP contribution in [-0.2, 0) is 4.79 Å². The fourth-order valence-electron chi connectivity index (χ4n) is 3.22. The summed E-state index contributed by atoms with van der Waals surface area (Å²) >= 11 is 1.38. The number of benzene rings is 3. The Morgan fingerprint density at radius 1 is 0.829 bits per heavy atom. The molecule has 174 valence electrons. The number of carbonyl (C=O) groups is 2. The molecule has 1 unspecified atom stereocenters. The third-order valence-electron chi connectivity index (χ3n) is 4.96. The van der Waals surface area contributed by atoms with Gasteiger partial charge in [-0.25, -0.2) is 4.98 Å². The Morgan fingerprint density at radius 3 is 2.14 bits per heavy atom. The van der Waals surface area contributed by atoms with E-state index in [-0.39, 0.29) is 17.5 Å². The molecule has 4 aromatic rings. The van der Waals surface area contributed by atoms with Gasteiger partial charge < -0.3 is 10.6 Å². The highest BCUT2D eigenvalue weighted by atomic mass is 32.2. The zero-order chi connectivity index (χ0) is 24.6. The summed E-state index contributed by atoms with van der Waals surface area (Å²) in [4.78, 5) is 40.8. The van der Waals surface area contributed by atoms with Crippen LogP contribution in [0.1, 0.15) is 21.2 Å². The molecule has 1 heterocycles. The third-order valence-corrected chi connectivity index (χ3v) is 6.23. The van der Waals surface area contributed by atoms with Gasteiger partial charge in [0.1, 0.15) is 11.1 Å². The van der Waals surface area contributed by atoms with E-state index in [1.54, 1.807) is 36.5 Å². The molecule has 2 amide bonds. The number of nitrogens with zero attached hydrogens (tertiary/aromatic N) is 2. The minimum atomic E-state index is -0.516. The van der Waals surface area contributed by atoms with Crippen molar-refractivity contribution in [3.63, 3.8) is 0 Å². The van der Waals surface area contributed by atoms with Crippen molar-refractivity contribution in [2.45, 2.75) is 10.1 Å². The highest BCUT2D eigenvalue weighted by molar-refractivity contribution is 8.00. The summed E-state index contributed by atoms with van der Waals surface area (Å²) in [6, 6.07) is 27.3. The molecule has 1 aromatic heterocycles. The lowest BCUT2D eigenvalue weighted by Crippen LogP contribution is -2.19. The quantitative estimate of drug-likeness (QED) is 0.188. The Bertz CT molecular complexity index is 1320. The Balaban J connectivity index is 1.45. The van der Waals surface area contributed by atoms with E-state index in [4.69, 9.17) is 0 Å². The molecule has 0 aliphatic rings. The lowest BCUT2D eigenvalue weighted by molar-refractivity contribution is -0.384. The number of hydrogen-bond acceptors (Lipinski definition) is 6. The number of nitro groups is 1. The first kappa shape index (κ1) is 23.7. The molecular weight excluding hydrogens is 464 g/mol. The van der Waals surface area contributed by atoms with Crippen LogP contribution in [0.2, 0.25) is 0 Å².